The second kappa shape index (κ2) is 3.43. The van der Waals surface area contributed by atoms with Gasteiger partial charge in [0.2, 0.25) is 0 Å². The van der Waals surface area contributed by atoms with Gasteiger partial charge in [0, 0.05) is 5.41 Å². The van der Waals surface area contributed by atoms with Crippen molar-refractivity contribution in [3.05, 3.63) is 35.4 Å². The average molecular weight is 205 g/mol. The molecule has 2 rings (SSSR count). The topological polar surface area (TPSA) is 12.4 Å². The molecule has 1 aromatic carbocycles. The van der Waals surface area contributed by atoms with Gasteiger partial charge in [0.05, 0.1) is 5.71 Å². The molecule has 1 aliphatic rings. The van der Waals surface area contributed by atoms with Crippen LogP contribution in [0.5, 0.6) is 0 Å². The summed E-state index contributed by atoms with van der Waals surface area (Å²) in [5.41, 5.74) is 3.93. The molecule has 2 heteroatoms. The summed E-state index contributed by atoms with van der Waals surface area (Å²) in [6.07, 6.45) is 2.47. The Morgan fingerprint density at radius 1 is 1.29 bits per heavy atom. The zero-order valence-electron chi connectivity index (χ0n) is 8.62. The van der Waals surface area contributed by atoms with E-state index in [2.05, 4.69) is 55.3 Å². The molecule has 1 nitrogen and oxygen atoms in total. The van der Waals surface area contributed by atoms with Crippen LogP contribution in [0, 0.1) is 12.3 Å². The van der Waals surface area contributed by atoms with E-state index in [-0.39, 0.29) is 5.41 Å². The minimum absolute atomic E-state index is 0.289. The molecule has 74 valence electrons. The van der Waals surface area contributed by atoms with Crippen molar-refractivity contribution >= 4 is 18.5 Å². The molecular formula is C12H15NS. The van der Waals surface area contributed by atoms with Gasteiger partial charge in [0.25, 0.3) is 0 Å². The summed E-state index contributed by atoms with van der Waals surface area (Å²) in [5, 5.41) is 0. The monoisotopic (exact) mass is 205 g/mol. The maximum atomic E-state index is 4.13. The summed E-state index contributed by atoms with van der Waals surface area (Å²) in [4.78, 5) is 0. The van der Waals surface area contributed by atoms with Crippen LogP contribution in [0.4, 0.5) is 0 Å². The van der Waals surface area contributed by atoms with Crippen molar-refractivity contribution in [1.29, 1.82) is 0 Å². The number of nitrogens with zero attached hydrogens (tertiary/aromatic N) is 1. The van der Waals surface area contributed by atoms with Crippen molar-refractivity contribution in [3.8, 4) is 0 Å². The predicted molar refractivity (Wildman–Crippen MR) is 64.0 cm³/mol. The van der Waals surface area contributed by atoms with E-state index in [9.17, 15) is 0 Å². The van der Waals surface area contributed by atoms with E-state index in [0.29, 0.717) is 0 Å². The molecule has 0 saturated heterocycles. The molecule has 1 saturated carbocycles. The van der Waals surface area contributed by atoms with Gasteiger partial charge >= 0.3 is 0 Å². The van der Waals surface area contributed by atoms with E-state index in [1.165, 1.54) is 24.0 Å². The summed E-state index contributed by atoms with van der Waals surface area (Å²) in [5.74, 6) is 0. The van der Waals surface area contributed by atoms with Gasteiger partial charge in [-0.05, 0) is 38.1 Å². The lowest BCUT2D eigenvalue weighted by molar-refractivity contribution is 0.807. The Labute approximate surface area is 90.8 Å². The van der Waals surface area contributed by atoms with Crippen LogP contribution in [-0.4, -0.2) is 5.71 Å². The first kappa shape index (κ1) is 9.78. The Balaban J connectivity index is 2.33. The second-order valence-corrected chi connectivity index (χ2v) is 4.58. The van der Waals surface area contributed by atoms with Crippen molar-refractivity contribution in [2.75, 3.05) is 0 Å². The molecule has 0 unspecified atom stereocenters. The Hall–Kier alpha value is -0.760. The molecule has 0 aromatic heterocycles. The van der Waals surface area contributed by atoms with Crippen LogP contribution in [0.3, 0.4) is 0 Å². The molecule has 0 N–H and O–H groups in total. The first-order valence-corrected chi connectivity index (χ1v) is 5.35. The summed E-state index contributed by atoms with van der Waals surface area (Å²) >= 11 is 4.07. The van der Waals surface area contributed by atoms with Crippen LogP contribution in [0.1, 0.15) is 30.9 Å². The highest BCUT2D eigenvalue weighted by Crippen LogP contribution is 2.48. The zero-order valence-corrected chi connectivity index (χ0v) is 9.51. The minimum Gasteiger partial charge on any atom is -0.223 e. The molecule has 0 heterocycles. The SMILES string of the molecule is Cc1ccc(/C(=N\S)C2(C)CC2)cc1. The fourth-order valence-electron chi connectivity index (χ4n) is 1.66. The average Bonchev–Trinajstić information content (AvgIpc) is 2.89. The normalized spacial score (nSPS) is 19.5. The molecular weight excluding hydrogens is 190 g/mol. The van der Waals surface area contributed by atoms with Crippen LogP contribution in [0.2, 0.25) is 0 Å². The summed E-state index contributed by atoms with van der Waals surface area (Å²) in [7, 11) is 0. The lowest BCUT2D eigenvalue weighted by Gasteiger charge is -2.11. The fraction of sp³-hybridized carbons (Fsp3) is 0.417. The molecule has 1 aromatic rings. The number of hydrogen-bond acceptors (Lipinski definition) is 2. The van der Waals surface area contributed by atoms with Gasteiger partial charge in [0.1, 0.15) is 0 Å². The molecule has 0 spiro atoms. The quantitative estimate of drug-likeness (QED) is 0.561. The van der Waals surface area contributed by atoms with Crippen molar-refractivity contribution in [1.82, 2.24) is 0 Å². The van der Waals surface area contributed by atoms with Crippen molar-refractivity contribution in [2.45, 2.75) is 26.7 Å². The predicted octanol–water partition coefficient (Wildman–Crippen LogP) is 3.43. The third-order valence-electron chi connectivity index (χ3n) is 3.00. The highest BCUT2D eigenvalue weighted by molar-refractivity contribution is 7.79. The van der Waals surface area contributed by atoms with Crippen molar-refractivity contribution in [3.63, 3.8) is 0 Å². The Morgan fingerprint density at radius 2 is 1.86 bits per heavy atom. The summed E-state index contributed by atoms with van der Waals surface area (Å²) in [6, 6.07) is 8.52. The molecule has 0 radical (unpaired) electrons. The number of aryl methyl sites for hydroxylation is 1. The van der Waals surface area contributed by atoms with Crippen LogP contribution in [-0.2, 0) is 0 Å². The van der Waals surface area contributed by atoms with Gasteiger partial charge in [0.15, 0.2) is 0 Å². The molecule has 14 heavy (non-hydrogen) atoms. The van der Waals surface area contributed by atoms with E-state index in [4.69, 9.17) is 0 Å². The Kier molecular flexibility index (Phi) is 2.40. The number of hydrogen-bond donors (Lipinski definition) is 1. The third kappa shape index (κ3) is 1.71. The molecule has 0 amide bonds. The van der Waals surface area contributed by atoms with Gasteiger partial charge in [-0.15, -0.1) is 0 Å². The highest BCUT2D eigenvalue weighted by Gasteiger charge is 2.42. The van der Waals surface area contributed by atoms with E-state index in [0.717, 1.165) is 5.71 Å². The lowest BCUT2D eigenvalue weighted by atomic mass is 9.95. The Morgan fingerprint density at radius 3 is 2.29 bits per heavy atom. The first-order valence-electron chi connectivity index (χ1n) is 4.95. The van der Waals surface area contributed by atoms with E-state index in [1.54, 1.807) is 0 Å². The number of thiol groups is 1. The van der Waals surface area contributed by atoms with Crippen LogP contribution >= 0.6 is 12.8 Å². The van der Waals surface area contributed by atoms with Gasteiger partial charge < -0.3 is 0 Å². The minimum atomic E-state index is 0.289. The summed E-state index contributed by atoms with van der Waals surface area (Å²) < 4.78 is 4.13. The number of benzene rings is 1. The van der Waals surface area contributed by atoms with E-state index in [1.807, 2.05) is 0 Å². The third-order valence-corrected chi connectivity index (χ3v) is 3.20. The van der Waals surface area contributed by atoms with Crippen LogP contribution in [0.15, 0.2) is 28.7 Å². The Bertz CT molecular complexity index is 360. The van der Waals surface area contributed by atoms with Crippen molar-refractivity contribution in [2.24, 2.45) is 9.81 Å². The molecule has 1 fully saturated rings. The van der Waals surface area contributed by atoms with Gasteiger partial charge in [-0.2, -0.15) is 0 Å². The van der Waals surface area contributed by atoms with E-state index < -0.39 is 0 Å². The van der Waals surface area contributed by atoms with Crippen LogP contribution in [0.25, 0.3) is 0 Å². The standard InChI is InChI=1S/C12H15NS/c1-9-3-5-10(6-4-9)11(13-14)12(2)7-8-12/h3-6,14H,7-8H2,1-2H3/b13-11+. The lowest BCUT2D eigenvalue weighted by Crippen LogP contribution is -2.12. The number of rotatable bonds is 2. The highest BCUT2D eigenvalue weighted by atomic mass is 32.1. The maximum absolute atomic E-state index is 4.13. The second-order valence-electron chi connectivity index (χ2n) is 4.38. The van der Waals surface area contributed by atoms with Gasteiger partial charge in [-0.25, -0.2) is 4.40 Å². The summed E-state index contributed by atoms with van der Waals surface area (Å²) in [6.45, 7) is 4.35. The first-order chi connectivity index (χ1) is 6.65. The molecule has 0 aliphatic heterocycles. The fourth-order valence-corrected chi connectivity index (χ4v) is 2.02. The molecule has 0 atom stereocenters. The molecule has 0 bridgehead atoms. The molecule has 1 aliphatic carbocycles. The maximum Gasteiger partial charge on any atom is 0.0615 e. The van der Waals surface area contributed by atoms with Gasteiger partial charge in [-0.1, -0.05) is 36.8 Å². The smallest absolute Gasteiger partial charge is 0.0615 e. The van der Waals surface area contributed by atoms with Crippen LogP contribution < -0.4 is 0 Å². The van der Waals surface area contributed by atoms with Gasteiger partial charge in [-0.3, -0.25) is 0 Å². The van der Waals surface area contributed by atoms with E-state index >= 15 is 0 Å². The largest absolute Gasteiger partial charge is 0.223 e. The van der Waals surface area contributed by atoms with Crippen molar-refractivity contribution < 1.29 is 0 Å². The zero-order chi connectivity index (χ0) is 10.2.